The molecule has 0 fully saturated rings. The summed E-state index contributed by atoms with van der Waals surface area (Å²) >= 11 is 5.88. The molecule has 0 saturated heterocycles. The fourth-order valence-electron chi connectivity index (χ4n) is 4.00. The highest BCUT2D eigenvalue weighted by Gasteiger charge is 2.31. The molecule has 7 heteroatoms. The van der Waals surface area contributed by atoms with Crippen LogP contribution in [0.4, 0.5) is 5.69 Å². The summed E-state index contributed by atoms with van der Waals surface area (Å²) in [6.45, 7) is 0.219. The van der Waals surface area contributed by atoms with Gasteiger partial charge in [-0.2, -0.15) is 0 Å². The molecule has 1 unspecified atom stereocenters. The lowest BCUT2D eigenvalue weighted by atomic mass is 10.1. The SMILES string of the molecule is O=C(Nc1ccc(Cl)cc1)c1cccn(C2CCc3c2ccc2c3OCO2)c1=O. The number of halogens is 1. The fourth-order valence-corrected chi connectivity index (χ4v) is 4.13. The van der Waals surface area contributed by atoms with Gasteiger partial charge in [-0.15, -0.1) is 0 Å². The van der Waals surface area contributed by atoms with E-state index in [4.69, 9.17) is 21.1 Å². The summed E-state index contributed by atoms with van der Waals surface area (Å²) in [5, 5.41) is 3.32. The van der Waals surface area contributed by atoms with Gasteiger partial charge in [0.2, 0.25) is 6.79 Å². The van der Waals surface area contributed by atoms with Gasteiger partial charge in [0, 0.05) is 22.5 Å². The Bertz CT molecular complexity index is 1170. The van der Waals surface area contributed by atoms with Gasteiger partial charge in [0.1, 0.15) is 5.56 Å². The third kappa shape index (κ3) is 3.06. The molecule has 1 aromatic heterocycles. The van der Waals surface area contributed by atoms with Crippen LogP contribution in [0.25, 0.3) is 0 Å². The number of anilines is 1. The monoisotopic (exact) mass is 408 g/mol. The van der Waals surface area contributed by atoms with Crippen molar-refractivity contribution in [2.24, 2.45) is 0 Å². The molecule has 5 rings (SSSR count). The summed E-state index contributed by atoms with van der Waals surface area (Å²) in [6.07, 6.45) is 3.28. The molecule has 2 aliphatic rings. The predicted octanol–water partition coefficient (Wildman–Crippen LogP) is 4.02. The maximum absolute atomic E-state index is 13.1. The number of nitrogens with zero attached hydrogens (tertiary/aromatic N) is 1. The molecule has 2 aromatic carbocycles. The van der Waals surface area contributed by atoms with E-state index in [2.05, 4.69) is 5.32 Å². The highest BCUT2D eigenvalue weighted by molar-refractivity contribution is 6.30. The minimum atomic E-state index is -0.449. The van der Waals surface area contributed by atoms with Crippen molar-refractivity contribution in [2.75, 3.05) is 12.1 Å². The summed E-state index contributed by atoms with van der Waals surface area (Å²) < 4.78 is 12.7. The second-order valence-electron chi connectivity index (χ2n) is 7.02. The number of nitrogens with one attached hydrogen (secondary N) is 1. The van der Waals surface area contributed by atoms with E-state index in [-0.39, 0.29) is 24.0 Å². The third-order valence-electron chi connectivity index (χ3n) is 5.36. The van der Waals surface area contributed by atoms with Crippen LogP contribution in [0, 0.1) is 0 Å². The van der Waals surface area contributed by atoms with E-state index >= 15 is 0 Å². The molecule has 0 bridgehead atoms. The molecule has 1 aliphatic carbocycles. The average molecular weight is 409 g/mol. The van der Waals surface area contributed by atoms with Gasteiger partial charge >= 0.3 is 0 Å². The number of pyridine rings is 1. The van der Waals surface area contributed by atoms with E-state index in [0.29, 0.717) is 10.7 Å². The molecular formula is C22H17ClN2O4. The molecule has 6 nitrogen and oxygen atoms in total. The smallest absolute Gasteiger partial charge is 0.263 e. The molecule has 0 spiro atoms. The summed E-state index contributed by atoms with van der Waals surface area (Å²) in [5.41, 5.74) is 2.46. The lowest BCUT2D eigenvalue weighted by Gasteiger charge is -2.17. The van der Waals surface area contributed by atoms with Gasteiger partial charge in [-0.1, -0.05) is 17.7 Å². The van der Waals surface area contributed by atoms with Crippen molar-refractivity contribution in [1.29, 1.82) is 0 Å². The Hall–Kier alpha value is -3.25. The lowest BCUT2D eigenvalue weighted by molar-refractivity contribution is 0.102. The van der Waals surface area contributed by atoms with Crippen molar-refractivity contribution >= 4 is 23.2 Å². The molecule has 1 aliphatic heterocycles. The van der Waals surface area contributed by atoms with Gasteiger partial charge in [0.15, 0.2) is 11.5 Å². The highest BCUT2D eigenvalue weighted by Crippen LogP contribution is 2.45. The first-order chi connectivity index (χ1) is 14.1. The molecule has 1 amide bonds. The number of carbonyl (C=O) groups excluding carboxylic acids is 1. The van der Waals surface area contributed by atoms with Crippen LogP contribution in [0.2, 0.25) is 5.02 Å². The summed E-state index contributed by atoms with van der Waals surface area (Å²) in [7, 11) is 0. The van der Waals surface area contributed by atoms with Gasteiger partial charge < -0.3 is 19.4 Å². The number of benzene rings is 2. The van der Waals surface area contributed by atoms with Crippen LogP contribution in [-0.4, -0.2) is 17.3 Å². The van der Waals surface area contributed by atoms with Crippen LogP contribution in [0.1, 0.15) is 33.9 Å². The number of ether oxygens (including phenoxy) is 2. The van der Waals surface area contributed by atoms with Gasteiger partial charge in [0.05, 0.1) is 6.04 Å². The van der Waals surface area contributed by atoms with E-state index in [1.165, 1.54) is 0 Å². The number of hydrogen-bond acceptors (Lipinski definition) is 4. The van der Waals surface area contributed by atoms with Crippen molar-refractivity contribution < 1.29 is 14.3 Å². The minimum absolute atomic E-state index is 0.0941. The zero-order chi connectivity index (χ0) is 20.0. The predicted molar refractivity (Wildman–Crippen MR) is 109 cm³/mol. The van der Waals surface area contributed by atoms with Crippen LogP contribution >= 0.6 is 11.6 Å². The standard InChI is InChI=1S/C22H17ClN2O4/c23-13-3-5-14(6-4-13)24-21(26)17-2-1-11-25(22(17)27)18-9-7-16-15(18)8-10-19-20(16)29-12-28-19/h1-6,8,10-11,18H,7,9,12H2,(H,24,26). The highest BCUT2D eigenvalue weighted by atomic mass is 35.5. The maximum Gasteiger partial charge on any atom is 0.263 e. The quantitative estimate of drug-likeness (QED) is 0.710. The van der Waals surface area contributed by atoms with E-state index in [0.717, 1.165) is 35.5 Å². The first kappa shape index (κ1) is 17.8. The number of fused-ring (bicyclic) bond motifs is 3. The molecule has 1 atom stereocenters. The van der Waals surface area contributed by atoms with Gasteiger partial charge in [-0.3, -0.25) is 9.59 Å². The normalized spacial score (nSPS) is 16.5. The topological polar surface area (TPSA) is 69.6 Å². The zero-order valence-corrected chi connectivity index (χ0v) is 16.1. The van der Waals surface area contributed by atoms with E-state index < -0.39 is 5.91 Å². The minimum Gasteiger partial charge on any atom is -0.454 e. The first-order valence-corrected chi connectivity index (χ1v) is 9.69. The number of carbonyl (C=O) groups is 1. The first-order valence-electron chi connectivity index (χ1n) is 9.31. The summed E-state index contributed by atoms with van der Waals surface area (Å²) in [6, 6.07) is 13.7. The second kappa shape index (κ2) is 6.97. The Morgan fingerprint density at radius 2 is 1.93 bits per heavy atom. The van der Waals surface area contributed by atoms with Crippen molar-refractivity contribution in [2.45, 2.75) is 18.9 Å². The van der Waals surface area contributed by atoms with Gasteiger partial charge in [-0.25, -0.2) is 0 Å². The number of aromatic nitrogens is 1. The summed E-state index contributed by atoms with van der Waals surface area (Å²) in [5.74, 6) is 1.07. The van der Waals surface area contributed by atoms with Crippen molar-refractivity contribution in [3.8, 4) is 11.5 Å². The average Bonchev–Trinajstić information content (AvgIpc) is 3.36. The van der Waals surface area contributed by atoms with Crippen LogP contribution in [0.15, 0.2) is 59.5 Å². The van der Waals surface area contributed by atoms with Crippen LogP contribution in [0.3, 0.4) is 0 Å². The molecule has 2 heterocycles. The Kier molecular flexibility index (Phi) is 4.28. The van der Waals surface area contributed by atoms with Crippen LogP contribution < -0.4 is 20.3 Å². The van der Waals surface area contributed by atoms with Crippen molar-refractivity contribution in [3.63, 3.8) is 0 Å². The van der Waals surface area contributed by atoms with E-state index in [1.807, 2.05) is 12.1 Å². The fraction of sp³-hybridized carbons (Fsp3) is 0.182. The molecule has 3 aromatic rings. The second-order valence-corrected chi connectivity index (χ2v) is 7.45. The Morgan fingerprint density at radius 3 is 2.76 bits per heavy atom. The molecule has 1 N–H and O–H groups in total. The molecule has 29 heavy (non-hydrogen) atoms. The maximum atomic E-state index is 13.1. The third-order valence-corrected chi connectivity index (χ3v) is 5.61. The summed E-state index contributed by atoms with van der Waals surface area (Å²) in [4.78, 5) is 25.8. The van der Waals surface area contributed by atoms with Gasteiger partial charge in [-0.05, 0) is 60.9 Å². The van der Waals surface area contributed by atoms with E-state index in [9.17, 15) is 9.59 Å². The van der Waals surface area contributed by atoms with Crippen molar-refractivity contribution in [1.82, 2.24) is 4.57 Å². The Labute approximate surface area is 171 Å². The molecule has 146 valence electrons. The molecule has 0 radical (unpaired) electrons. The van der Waals surface area contributed by atoms with Crippen molar-refractivity contribution in [3.05, 3.63) is 86.8 Å². The number of hydrogen-bond donors (Lipinski definition) is 1. The van der Waals surface area contributed by atoms with Crippen LogP contribution in [-0.2, 0) is 6.42 Å². The molecular weight excluding hydrogens is 392 g/mol. The Morgan fingerprint density at radius 1 is 1.10 bits per heavy atom. The largest absolute Gasteiger partial charge is 0.454 e. The number of amides is 1. The van der Waals surface area contributed by atoms with Crippen LogP contribution in [0.5, 0.6) is 11.5 Å². The zero-order valence-electron chi connectivity index (χ0n) is 15.4. The Balaban J connectivity index is 1.47. The molecule has 0 saturated carbocycles. The van der Waals surface area contributed by atoms with E-state index in [1.54, 1.807) is 47.2 Å². The number of rotatable bonds is 3. The lowest BCUT2D eigenvalue weighted by Crippen LogP contribution is -2.30. The van der Waals surface area contributed by atoms with Gasteiger partial charge in [0.25, 0.3) is 11.5 Å².